The molecular formula is C15H15NO3S2. The molecule has 2 aromatic rings. The van der Waals surface area contributed by atoms with Gasteiger partial charge in [-0.25, -0.2) is 4.79 Å². The van der Waals surface area contributed by atoms with E-state index in [-0.39, 0.29) is 17.2 Å². The third-order valence-electron chi connectivity index (χ3n) is 2.89. The first kappa shape index (κ1) is 15.6. The molecule has 0 fully saturated rings. The number of aromatic carboxylic acids is 1. The summed E-state index contributed by atoms with van der Waals surface area (Å²) in [4.78, 5) is 25.5. The van der Waals surface area contributed by atoms with Gasteiger partial charge in [0.15, 0.2) is 0 Å². The molecule has 1 N–H and O–H groups in total. The maximum absolute atomic E-state index is 12.1. The van der Waals surface area contributed by atoms with Crippen molar-refractivity contribution in [3.8, 4) is 0 Å². The second kappa shape index (κ2) is 7.28. The van der Waals surface area contributed by atoms with Crippen LogP contribution in [0.4, 0.5) is 0 Å². The van der Waals surface area contributed by atoms with Gasteiger partial charge in [0.1, 0.15) is 0 Å². The molecule has 0 aliphatic rings. The van der Waals surface area contributed by atoms with Crippen LogP contribution in [-0.2, 0) is 11.3 Å². The minimum atomic E-state index is -0.975. The quantitative estimate of drug-likeness (QED) is 0.830. The van der Waals surface area contributed by atoms with E-state index in [4.69, 9.17) is 5.11 Å². The van der Waals surface area contributed by atoms with Crippen molar-refractivity contribution in [2.75, 3.05) is 12.8 Å². The third-order valence-corrected chi connectivity index (χ3v) is 4.68. The molecule has 21 heavy (non-hydrogen) atoms. The molecule has 0 spiro atoms. The minimum Gasteiger partial charge on any atom is -0.478 e. The molecule has 0 atom stereocenters. The molecule has 0 saturated carbocycles. The standard InChI is InChI=1S/C15H15NO3S2/c1-16(8-11-6-7-20-9-11)14(17)10-21-13-5-3-2-4-12(13)15(18)19/h2-7,9H,8,10H2,1H3,(H,18,19). The summed E-state index contributed by atoms with van der Waals surface area (Å²) in [5, 5.41) is 13.1. The van der Waals surface area contributed by atoms with Gasteiger partial charge in [-0.2, -0.15) is 11.3 Å². The second-order valence-corrected chi connectivity index (χ2v) is 6.27. The van der Waals surface area contributed by atoms with Crippen molar-refractivity contribution >= 4 is 35.0 Å². The lowest BCUT2D eigenvalue weighted by Gasteiger charge is -2.16. The van der Waals surface area contributed by atoms with Crippen LogP contribution in [0.3, 0.4) is 0 Å². The van der Waals surface area contributed by atoms with Crippen LogP contribution in [0.25, 0.3) is 0 Å². The maximum Gasteiger partial charge on any atom is 0.336 e. The summed E-state index contributed by atoms with van der Waals surface area (Å²) in [5.74, 6) is -0.770. The van der Waals surface area contributed by atoms with Crippen LogP contribution in [0.1, 0.15) is 15.9 Å². The van der Waals surface area contributed by atoms with Crippen LogP contribution >= 0.6 is 23.1 Å². The summed E-state index contributed by atoms with van der Waals surface area (Å²) in [5.41, 5.74) is 1.34. The molecule has 1 aromatic heterocycles. The predicted molar refractivity (Wildman–Crippen MR) is 84.9 cm³/mol. The molecular weight excluding hydrogens is 306 g/mol. The fraction of sp³-hybridized carbons (Fsp3) is 0.200. The van der Waals surface area contributed by atoms with Crippen molar-refractivity contribution in [1.82, 2.24) is 4.90 Å². The Kier molecular flexibility index (Phi) is 5.41. The van der Waals surface area contributed by atoms with Gasteiger partial charge in [0.2, 0.25) is 5.91 Å². The Morgan fingerprint density at radius 2 is 2.05 bits per heavy atom. The molecule has 0 aliphatic carbocycles. The van der Waals surface area contributed by atoms with E-state index in [9.17, 15) is 9.59 Å². The van der Waals surface area contributed by atoms with Crippen molar-refractivity contribution in [2.45, 2.75) is 11.4 Å². The molecule has 6 heteroatoms. The monoisotopic (exact) mass is 321 g/mol. The lowest BCUT2D eigenvalue weighted by atomic mass is 10.2. The molecule has 0 aliphatic heterocycles. The number of nitrogens with zero attached hydrogens (tertiary/aromatic N) is 1. The summed E-state index contributed by atoms with van der Waals surface area (Å²) in [6.45, 7) is 0.573. The van der Waals surface area contributed by atoms with Crippen molar-refractivity contribution in [1.29, 1.82) is 0 Å². The maximum atomic E-state index is 12.1. The van der Waals surface area contributed by atoms with Crippen LogP contribution in [0.5, 0.6) is 0 Å². The van der Waals surface area contributed by atoms with Crippen molar-refractivity contribution in [3.05, 3.63) is 52.2 Å². The number of carbonyl (C=O) groups excluding carboxylic acids is 1. The Morgan fingerprint density at radius 1 is 1.29 bits per heavy atom. The van der Waals surface area contributed by atoms with E-state index in [0.29, 0.717) is 11.4 Å². The Morgan fingerprint density at radius 3 is 2.71 bits per heavy atom. The van der Waals surface area contributed by atoms with Gasteiger partial charge in [0.05, 0.1) is 11.3 Å². The first-order valence-electron chi connectivity index (χ1n) is 6.28. The van der Waals surface area contributed by atoms with Crippen LogP contribution in [-0.4, -0.2) is 34.7 Å². The van der Waals surface area contributed by atoms with E-state index < -0.39 is 5.97 Å². The number of carbonyl (C=O) groups is 2. The molecule has 0 radical (unpaired) electrons. The molecule has 0 saturated heterocycles. The van der Waals surface area contributed by atoms with E-state index in [1.807, 2.05) is 16.8 Å². The van der Waals surface area contributed by atoms with Gasteiger partial charge in [-0.1, -0.05) is 12.1 Å². The average molecular weight is 321 g/mol. The summed E-state index contributed by atoms with van der Waals surface area (Å²) in [7, 11) is 1.75. The van der Waals surface area contributed by atoms with Gasteiger partial charge in [-0.05, 0) is 34.5 Å². The first-order chi connectivity index (χ1) is 10.1. The molecule has 1 heterocycles. The number of rotatable bonds is 6. The van der Waals surface area contributed by atoms with Crippen LogP contribution in [0.15, 0.2) is 46.0 Å². The normalized spacial score (nSPS) is 10.3. The van der Waals surface area contributed by atoms with E-state index in [0.717, 1.165) is 5.56 Å². The number of hydrogen-bond donors (Lipinski definition) is 1. The molecule has 2 rings (SSSR count). The predicted octanol–water partition coefficient (Wildman–Crippen LogP) is 3.20. The fourth-order valence-corrected chi connectivity index (χ4v) is 3.41. The highest BCUT2D eigenvalue weighted by molar-refractivity contribution is 8.00. The second-order valence-electron chi connectivity index (χ2n) is 4.47. The lowest BCUT2D eigenvalue weighted by Crippen LogP contribution is -2.27. The smallest absolute Gasteiger partial charge is 0.336 e. The van der Waals surface area contributed by atoms with E-state index in [1.54, 1.807) is 47.5 Å². The van der Waals surface area contributed by atoms with Gasteiger partial charge >= 0.3 is 5.97 Å². The van der Waals surface area contributed by atoms with Crippen molar-refractivity contribution < 1.29 is 14.7 Å². The number of thioether (sulfide) groups is 1. The highest BCUT2D eigenvalue weighted by Crippen LogP contribution is 2.23. The third kappa shape index (κ3) is 4.34. The largest absolute Gasteiger partial charge is 0.478 e. The van der Waals surface area contributed by atoms with Crippen LogP contribution in [0, 0.1) is 0 Å². The van der Waals surface area contributed by atoms with Crippen LogP contribution < -0.4 is 0 Å². The number of benzene rings is 1. The van der Waals surface area contributed by atoms with Crippen molar-refractivity contribution in [2.24, 2.45) is 0 Å². The number of hydrogen-bond acceptors (Lipinski definition) is 4. The molecule has 0 unspecified atom stereocenters. The number of thiophene rings is 1. The van der Waals surface area contributed by atoms with Crippen molar-refractivity contribution in [3.63, 3.8) is 0 Å². The van der Waals surface area contributed by atoms with E-state index >= 15 is 0 Å². The van der Waals surface area contributed by atoms with Gasteiger partial charge in [-0.15, -0.1) is 11.8 Å². The van der Waals surface area contributed by atoms with Crippen LogP contribution in [0.2, 0.25) is 0 Å². The zero-order chi connectivity index (χ0) is 15.2. The Balaban J connectivity index is 1.93. The summed E-state index contributed by atoms with van der Waals surface area (Å²) < 4.78 is 0. The SMILES string of the molecule is CN(Cc1ccsc1)C(=O)CSc1ccccc1C(=O)O. The zero-order valence-electron chi connectivity index (χ0n) is 11.5. The Hall–Kier alpha value is -1.79. The molecule has 110 valence electrons. The molecule has 0 bridgehead atoms. The Bertz CT molecular complexity index is 626. The number of carboxylic acid groups (broad SMARTS) is 1. The van der Waals surface area contributed by atoms with E-state index in [1.165, 1.54) is 11.8 Å². The fourth-order valence-electron chi connectivity index (χ4n) is 1.76. The van der Waals surface area contributed by atoms with Gasteiger partial charge in [-0.3, -0.25) is 4.79 Å². The average Bonchev–Trinajstić information content (AvgIpc) is 2.97. The molecule has 1 amide bonds. The lowest BCUT2D eigenvalue weighted by molar-refractivity contribution is -0.127. The van der Waals surface area contributed by atoms with Gasteiger partial charge in [0, 0.05) is 18.5 Å². The highest BCUT2D eigenvalue weighted by atomic mass is 32.2. The Labute approximate surface area is 131 Å². The summed E-state index contributed by atoms with van der Waals surface area (Å²) >= 11 is 2.86. The summed E-state index contributed by atoms with van der Waals surface area (Å²) in [6.07, 6.45) is 0. The highest BCUT2D eigenvalue weighted by Gasteiger charge is 2.14. The summed E-state index contributed by atoms with van der Waals surface area (Å²) in [6, 6.07) is 8.71. The zero-order valence-corrected chi connectivity index (χ0v) is 13.1. The molecule has 4 nitrogen and oxygen atoms in total. The van der Waals surface area contributed by atoms with Gasteiger partial charge < -0.3 is 10.0 Å². The molecule has 1 aromatic carbocycles. The number of carboxylic acids is 1. The number of amides is 1. The topological polar surface area (TPSA) is 57.6 Å². The van der Waals surface area contributed by atoms with E-state index in [2.05, 4.69) is 0 Å². The minimum absolute atomic E-state index is 0.0219. The first-order valence-corrected chi connectivity index (χ1v) is 8.21. The van der Waals surface area contributed by atoms with Gasteiger partial charge in [0.25, 0.3) is 0 Å².